The summed E-state index contributed by atoms with van der Waals surface area (Å²) in [6.45, 7) is 2.78. The van der Waals surface area contributed by atoms with Crippen molar-refractivity contribution in [3.05, 3.63) is 59.9 Å². The van der Waals surface area contributed by atoms with Gasteiger partial charge in [-0.25, -0.2) is 12.8 Å². The molecule has 1 aliphatic rings. The van der Waals surface area contributed by atoms with Gasteiger partial charge in [-0.05, 0) is 61.4 Å². The third kappa shape index (κ3) is 5.11. The van der Waals surface area contributed by atoms with E-state index in [0.29, 0.717) is 4.94 Å². The van der Waals surface area contributed by atoms with Crippen molar-refractivity contribution >= 4 is 10.0 Å². The average Bonchev–Trinajstić information content (AvgIpc) is 3.41. The monoisotopic (exact) mass is 353 g/mol. The molecule has 1 saturated carbocycles. The summed E-state index contributed by atoms with van der Waals surface area (Å²) < 4.78 is 44.4. The highest BCUT2D eigenvalue weighted by molar-refractivity contribution is 7.89. The first kappa shape index (κ1) is 18.5. The van der Waals surface area contributed by atoms with Crippen LogP contribution >= 0.6 is 0 Å². The zero-order chi connectivity index (χ0) is 17.7. The molecule has 1 fully saturated rings. The van der Waals surface area contributed by atoms with Crippen LogP contribution in [0.3, 0.4) is 0 Å². The van der Waals surface area contributed by atoms with Crippen molar-refractivity contribution in [3.8, 4) is 11.1 Å². The predicted molar refractivity (Wildman–Crippen MR) is 92.1 cm³/mol. The van der Waals surface area contributed by atoms with Crippen LogP contribution < -0.4 is 4.94 Å². The van der Waals surface area contributed by atoms with Crippen LogP contribution in [-0.2, 0) is 10.0 Å². The van der Waals surface area contributed by atoms with Gasteiger partial charge < -0.3 is 0 Å². The summed E-state index contributed by atoms with van der Waals surface area (Å²) in [5.74, 6) is 0.612. The van der Waals surface area contributed by atoms with E-state index in [4.69, 9.17) is 0 Å². The summed E-state index contributed by atoms with van der Waals surface area (Å²) in [7, 11) is -3.65. The van der Waals surface area contributed by atoms with E-state index in [0.717, 1.165) is 17.0 Å². The number of halogens is 2. The Morgan fingerprint density at radius 2 is 1.42 bits per heavy atom. The van der Waals surface area contributed by atoms with Crippen molar-refractivity contribution in [1.82, 2.24) is 4.94 Å². The number of hydrogen-bond acceptors (Lipinski definition) is 2. The van der Waals surface area contributed by atoms with E-state index in [1.54, 1.807) is 0 Å². The van der Waals surface area contributed by atoms with Gasteiger partial charge in [0.2, 0.25) is 10.0 Å². The zero-order valence-electron chi connectivity index (χ0n) is 13.7. The van der Waals surface area contributed by atoms with E-state index >= 15 is 0 Å². The smallest absolute Gasteiger partial charge is 0.210 e. The van der Waals surface area contributed by atoms with Gasteiger partial charge in [-0.1, -0.05) is 41.3 Å². The lowest BCUT2D eigenvalue weighted by atomic mass is 10.0. The second-order valence-electron chi connectivity index (χ2n) is 6.07. The Morgan fingerprint density at radius 1 is 0.958 bits per heavy atom. The molecule has 0 bridgehead atoms. The molecule has 0 saturated heterocycles. The zero-order valence-corrected chi connectivity index (χ0v) is 14.5. The third-order valence-corrected chi connectivity index (χ3v) is 5.32. The van der Waals surface area contributed by atoms with E-state index in [2.05, 4.69) is 24.3 Å². The summed E-state index contributed by atoms with van der Waals surface area (Å²) in [5, 5.41) is -0.701. The molecule has 6 heteroatoms. The largest absolute Gasteiger partial charge is 0.239 e. The normalized spacial score (nSPS) is 14.2. The van der Waals surface area contributed by atoms with Gasteiger partial charge in [0, 0.05) is 0 Å². The molecule has 0 atom stereocenters. The molecule has 3 rings (SSSR count). The molecule has 0 aromatic heterocycles. The highest BCUT2D eigenvalue weighted by atomic mass is 32.2. The van der Waals surface area contributed by atoms with Gasteiger partial charge in [0.1, 0.15) is 5.82 Å². The van der Waals surface area contributed by atoms with Gasteiger partial charge in [-0.2, -0.15) is 0 Å². The van der Waals surface area contributed by atoms with Crippen LogP contribution in [0.2, 0.25) is 0 Å². The number of sulfonamides is 1. The molecular formula is C18H21F2NO2S. The molecule has 0 amide bonds. The van der Waals surface area contributed by atoms with Gasteiger partial charge in [0.05, 0.1) is 5.25 Å². The molecule has 130 valence electrons. The van der Waals surface area contributed by atoms with Crippen LogP contribution in [0.1, 0.15) is 38.2 Å². The van der Waals surface area contributed by atoms with Crippen molar-refractivity contribution in [3.63, 3.8) is 0 Å². The van der Waals surface area contributed by atoms with Crippen LogP contribution in [0.15, 0.2) is 48.5 Å². The molecule has 1 aliphatic carbocycles. The first-order valence-electron chi connectivity index (χ1n) is 7.80. The Kier molecular flexibility index (Phi) is 6.07. The predicted octanol–water partition coefficient (Wildman–Crippen LogP) is 4.57. The molecular weight excluding hydrogens is 332 g/mol. The van der Waals surface area contributed by atoms with Crippen molar-refractivity contribution in [2.45, 2.75) is 37.9 Å². The molecule has 24 heavy (non-hydrogen) atoms. The van der Waals surface area contributed by atoms with Gasteiger partial charge in [-0.15, -0.1) is 4.48 Å². The molecule has 0 unspecified atom stereocenters. The third-order valence-electron chi connectivity index (χ3n) is 3.87. The maximum Gasteiger partial charge on any atom is 0.239 e. The Bertz CT molecular complexity index is 753. The quantitative estimate of drug-likeness (QED) is 0.819. The van der Waals surface area contributed by atoms with Crippen molar-refractivity contribution in [1.29, 1.82) is 0 Å². The van der Waals surface area contributed by atoms with Gasteiger partial charge in [0.25, 0.3) is 0 Å². The van der Waals surface area contributed by atoms with Crippen molar-refractivity contribution in [2.75, 3.05) is 0 Å². The first-order valence-corrected chi connectivity index (χ1v) is 9.35. The Hall–Kier alpha value is -1.79. The fraction of sp³-hybridized carbons (Fsp3) is 0.333. The standard InChI is InChI=1S/C15H13F.C3H8FNO2S/c16-15-9-7-14(8-10-15)13-5-3-12(4-6-13)11-1-2-11;1-3(2)8(6,7)5-4/h3-11H,1-2H2;3,5H,1-2H3. The number of nitrogens with one attached hydrogen (secondary N) is 1. The van der Waals surface area contributed by atoms with Crippen LogP contribution in [-0.4, -0.2) is 13.7 Å². The van der Waals surface area contributed by atoms with Gasteiger partial charge in [0.15, 0.2) is 0 Å². The first-order chi connectivity index (χ1) is 11.3. The van der Waals surface area contributed by atoms with Crippen LogP contribution in [0.4, 0.5) is 8.87 Å². The molecule has 1 N–H and O–H groups in total. The Balaban J connectivity index is 0.000000224. The molecule has 0 radical (unpaired) electrons. The highest BCUT2D eigenvalue weighted by Gasteiger charge is 2.22. The fourth-order valence-corrected chi connectivity index (χ4v) is 2.27. The number of rotatable bonds is 4. The van der Waals surface area contributed by atoms with Gasteiger partial charge in [-0.3, -0.25) is 0 Å². The van der Waals surface area contributed by atoms with Crippen LogP contribution in [0.25, 0.3) is 11.1 Å². The van der Waals surface area contributed by atoms with E-state index in [1.807, 2.05) is 12.1 Å². The fourth-order valence-electron chi connectivity index (χ4n) is 2.10. The highest BCUT2D eigenvalue weighted by Crippen LogP contribution is 2.40. The second kappa shape index (κ2) is 7.85. The lowest BCUT2D eigenvalue weighted by Gasteiger charge is -2.03. The van der Waals surface area contributed by atoms with Gasteiger partial charge >= 0.3 is 0 Å². The van der Waals surface area contributed by atoms with E-state index in [-0.39, 0.29) is 5.82 Å². The summed E-state index contributed by atoms with van der Waals surface area (Å²) >= 11 is 0. The van der Waals surface area contributed by atoms with Crippen molar-refractivity contribution < 1.29 is 17.3 Å². The molecule has 2 aromatic rings. The number of hydrogen-bond donors (Lipinski definition) is 1. The maximum absolute atomic E-state index is 12.8. The molecule has 3 nitrogen and oxygen atoms in total. The maximum atomic E-state index is 12.8. The average molecular weight is 353 g/mol. The molecule has 2 aromatic carbocycles. The molecule has 0 spiro atoms. The minimum atomic E-state index is -3.65. The number of benzene rings is 2. The molecule has 0 heterocycles. The van der Waals surface area contributed by atoms with E-state index < -0.39 is 15.3 Å². The van der Waals surface area contributed by atoms with Crippen LogP contribution in [0, 0.1) is 5.82 Å². The summed E-state index contributed by atoms with van der Waals surface area (Å²) in [6, 6.07) is 15.3. The lowest BCUT2D eigenvalue weighted by Crippen LogP contribution is -2.24. The van der Waals surface area contributed by atoms with E-state index in [9.17, 15) is 17.3 Å². The van der Waals surface area contributed by atoms with Crippen LogP contribution in [0.5, 0.6) is 0 Å². The summed E-state index contributed by atoms with van der Waals surface area (Å²) in [6.07, 6.45) is 2.66. The molecule has 0 aliphatic heterocycles. The topological polar surface area (TPSA) is 46.2 Å². The lowest BCUT2D eigenvalue weighted by molar-refractivity contribution is 0.422. The summed E-state index contributed by atoms with van der Waals surface area (Å²) in [4.78, 5) is 0.713. The second-order valence-corrected chi connectivity index (χ2v) is 8.26. The summed E-state index contributed by atoms with van der Waals surface area (Å²) in [5.41, 5.74) is 3.67. The Labute approximate surface area is 141 Å². The van der Waals surface area contributed by atoms with Crippen molar-refractivity contribution in [2.24, 2.45) is 0 Å². The SMILES string of the molecule is CC(C)S(=O)(=O)NF.Fc1ccc(-c2ccc(C3CC3)cc2)cc1. The van der Waals surface area contributed by atoms with E-state index in [1.165, 1.54) is 44.4 Å². The Morgan fingerprint density at radius 3 is 1.75 bits per heavy atom. The minimum Gasteiger partial charge on any atom is -0.210 e. The minimum absolute atomic E-state index is 0.182.